The monoisotopic (exact) mass is 392 g/mol. The summed E-state index contributed by atoms with van der Waals surface area (Å²) in [6.45, 7) is 0. The Hall–Kier alpha value is -0.440. The zero-order valence-electron chi connectivity index (χ0n) is 11.2. The maximum atomic E-state index is 12.1. The lowest BCUT2D eigenvalue weighted by Gasteiger charge is -2.21. The molecule has 0 bridgehead atoms. The minimum Gasteiger partial charge on any atom is -0.294 e. The number of hydrogen-bond donors (Lipinski definition) is 0. The van der Waals surface area contributed by atoms with Gasteiger partial charge in [-0.2, -0.15) is 0 Å². The predicted molar refractivity (Wildman–Crippen MR) is 94.2 cm³/mol. The maximum absolute atomic E-state index is 12.1. The van der Waals surface area contributed by atoms with Gasteiger partial charge in [0, 0.05) is 17.5 Å². The molecule has 0 spiro atoms. The van der Waals surface area contributed by atoms with Crippen molar-refractivity contribution in [3.8, 4) is 11.1 Å². The first-order chi connectivity index (χ1) is 10.4. The Morgan fingerprint density at radius 1 is 0.727 bits per heavy atom. The van der Waals surface area contributed by atoms with Crippen molar-refractivity contribution in [1.29, 1.82) is 0 Å². The molecule has 1 nitrogen and oxygen atoms in total. The van der Waals surface area contributed by atoms with Crippen LogP contribution in [-0.4, -0.2) is 5.78 Å². The van der Waals surface area contributed by atoms with Gasteiger partial charge in [0.05, 0.1) is 25.1 Å². The van der Waals surface area contributed by atoms with Gasteiger partial charge in [-0.15, -0.1) is 0 Å². The molecule has 0 heterocycles. The molecule has 1 aliphatic carbocycles. The fraction of sp³-hybridized carbons (Fsp3) is 0.188. The largest absolute Gasteiger partial charge is 0.294 e. The van der Waals surface area contributed by atoms with Gasteiger partial charge in [-0.05, 0) is 24.0 Å². The summed E-state index contributed by atoms with van der Waals surface area (Å²) in [6, 6.07) is 5.49. The van der Waals surface area contributed by atoms with Gasteiger partial charge in [0.25, 0.3) is 0 Å². The Bertz CT molecular complexity index is 769. The van der Waals surface area contributed by atoms with Crippen molar-refractivity contribution in [1.82, 2.24) is 0 Å². The summed E-state index contributed by atoms with van der Waals surface area (Å²) in [5.41, 5.74) is 2.94. The summed E-state index contributed by atoms with van der Waals surface area (Å²) < 4.78 is 0. The van der Waals surface area contributed by atoms with Crippen molar-refractivity contribution < 1.29 is 4.79 Å². The van der Waals surface area contributed by atoms with Gasteiger partial charge in [0.1, 0.15) is 0 Å². The van der Waals surface area contributed by atoms with E-state index in [9.17, 15) is 4.79 Å². The molecule has 6 heteroatoms. The molecule has 0 saturated carbocycles. The molecule has 3 rings (SSSR count). The topological polar surface area (TPSA) is 17.1 Å². The zero-order valence-corrected chi connectivity index (χ0v) is 14.9. The molecule has 114 valence electrons. The lowest BCUT2D eigenvalue weighted by Crippen LogP contribution is -2.11. The predicted octanol–water partition coefficient (Wildman–Crippen LogP) is 7.14. The molecule has 0 aromatic heterocycles. The minimum absolute atomic E-state index is 0.126. The van der Waals surface area contributed by atoms with E-state index in [-0.39, 0.29) is 30.9 Å². The van der Waals surface area contributed by atoms with Crippen LogP contribution in [0.3, 0.4) is 0 Å². The number of halogens is 5. The SMILES string of the molecule is O=C1CCCc2c1cccc2-c1c(Cl)c(Cl)c(Cl)c(Cl)c1Cl. The van der Waals surface area contributed by atoms with Gasteiger partial charge >= 0.3 is 0 Å². The molecule has 0 amide bonds. The molecule has 0 radical (unpaired) electrons. The normalized spacial score (nSPS) is 14.1. The smallest absolute Gasteiger partial charge is 0.163 e. The average molecular weight is 395 g/mol. The molecule has 0 fully saturated rings. The molecule has 0 unspecified atom stereocenters. The van der Waals surface area contributed by atoms with Gasteiger partial charge in [0.2, 0.25) is 0 Å². The summed E-state index contributed by atoms with van der Waals surface area (Å²) in [5.74, 6) is 0.126. The average Bonchev–Trinajstić information content (AvgIpc) is 2.52. The van der Waals surface area contributed by atoms with Crippen LogP contribution in [0.4, 0.5) is 0 Å². The van der Waals surface area contributed by atoms with Crippen LogP contribution in [0.1, 0.15) is 28.8 Å². The van der Waals surface area contributed by atoms with E-state index in [1.54, 1.807) is 6.07 Å². The van der Waals surface area contributed by atoms with Crippen LogP contribution in [0.2, 0.25) is 25.1 Å². The third-order valence-corrected chi connectivity index (χ3v) is 6.06. The van der Waals surface area contributed by atoms with Crippen molar-refractivity contribution in [2.75, 3.05) is 0 Å². The van der Waals surface area contributed by atoms with E-state index in [0.29, 0.717) is 17.5 Å². The second kappa shape index (κ2) is 6.22. The number of fused-ring (bicyclic) bond motifs is 1. The lowest BCUT2D eigenvalue weighted by molar-refractivity contribution is 0.0972. The fourth-order valence-corrected chi connectivity index (χ4v) is 4.10. The Labute approximate surface area is 153 Å². The molecule has 0 atom stereocenters. The molecule has 22 heavy (non-hydrogen) atoms. The summed E-state index contributed by atoms with van der Waals surface area (Å²) in [7, 11) is 0. The molecular weight excluding hydrogens is 385 g/mol. The van der Waals surface area contributed by atoms with Gasteiger partial charge in [-0.1, -0.05) is 76.2 Å². The van der Waals surface area contributed by atoms with Crippen molar-refractivity contribution in [2.24, 2.45) is 0 Å². The highest BCUT2D eigenvalue weighted by molar-refractivity contribution is 6.56. The Morgan fingerprint density at radius 2 is 1.27 bits per heavy atom. The second-order valence-electron chi connectivity index (χ2n) is 5.05. The highest BCUT2D eigenvalue weighted by atomic mass is 35.5. The Kier molecular flexibility index (Phi) is 4.64. The number of carbonyl (C=O) groups is 1. The molecule has 2 aromatic rings. The summed E-state index contributed by atoms with van der Waals surface area (Å²) in [6.07, 6.45) is 2.13. The van der Waals surface area contributed by atoms with Crippen molar-refractivity contribution in [2.45, 2.75) is 19.3 Å². The Morgan fingerprint density at radius 3 is 1.91 bits per heavy atom. The summed E-state index contributed by atoms with van der Waals surface area (Å²) in [4.78, 5) is 12.1. The van der Waals surface area contributed by atoms with Gasteiger partial charge in [-0.3, -0.25) is 4.79 Å². The number of hydrogen-bond acceptors (Lipinski definition) is 1. The van der Waals surface area contributed by atoms with Crippen LogP contribution in [0.5, 0.6) is 0 Å². The maximum Gasteiger partial charge on any atom is 0.163 e. The lowest BCUT2D eigenvalue weighted by atomic mass is 9.85. The molecule has 0 saturated heterocycles. The van der Waals surface area contributed by atoms with Crippen molar-refractivity contribution >= 4 is 63.8 Å². The zero-order chi connectivity index (χ0) is 16.0. The van der Waals surface area contributed by atoms with Crippen LogP contribution in [0, 0.1) is 0 Å². The van der Waals surface area contributed by atoms with Crippen molar-refractivity contribution in [3.05, 3.63) is 54.4 Å². The summed E-state index contributed by atoms with van der Waals surface area (Å²) >= 11 is 31.0. The number of carbonyl (C=O) groups excluding carboxylic acids is 1. The first-order valence-corrected chi connectivity index (χ1v) is 8.49. The van der Waals surface area contributed by atoms with Gasteiger partial charge in [0.15, 0.2) is 5.78 Å². The van der Waals surface area contributed by atoms with E-state index in [1.807, 2.05) is 12.1 Å². The van der Waals surface area contributed by atoms with Crippen LogP contribution < -0.4 is 0 Å². The molecule has 0 aliphatic heterocycles. The summed E-state index contributed by atoms with van der Waals surface area (Å²) in [5, 5.41) is 0.933. The fourth-order valence-electron chi connectivity index (χ4n) is 2.75. The van der Waals surface area contributed by atoms with Gasteiger partial charge in [-0.25, -0.2) is 0 Å². The van der Waals surface area contributed by atoms with Crippen LogP contribution in [0.25, 0.3) is 11.1 Å². The van der Waals surface area contributed by atoms with E-state index < -0.39 is 0 Å². The number of ketones is 1. The third kappa shape index (κ3) is 2.53. The van der Waals surface area contributed by atoms with Crippen molar-refractivity contribution in [3.63, 3.8) is 0 Å². The molecular formula is C16H9Cl5O. The standard InChI is InChI=1S/C16H9Cl5O/c17-12-11(13(18)15(20)16(21)14(12)19)9-5-1-4-8-7(9)3-2-6-10(8)22/h1,4-5H,2-3,6H2. The quantitative estimate of drug-likeness (QED) is 0.371. The van der Waals surface area contributed by atoms with Crippen LogP contribution >= 0.6 is 58.0 Å². The number of benzene rings is 2. The molecule has 0 N–H and O–H groups in total. The first-order valence-electron chi connectivity index (χ1n) is 6.60. The second-order valence-corrected chi connectivity index (χ2v) is 6.94. The molecule has 2 aromatic carbocycles. The van der Waals surface area contributed by atoms with E-state index in [4.69, 9.17) is 58.0 Å². The van der Waals surface area contributed by atoms with E-state index in [0.717, 1.165) is 24.0 Å². The first kappa shape index (κ1) is 16.4. The minimum atomic E-state index is 0.126. The Balaban J connectivity index is 2.35. The van der Waals surface area contributed by atoms with Gasteiger partial charge < -0.3 is 0 Å². The highest BCUT2D eigenvalue weighted by Crippen LogP contribution is 2.49. The van der Waals surface area contributed by atoms with Crippen LogP contribution in [-0.2, 0) is 6.42 Å². The van der Waals surface area contributed by atoms with E-state index in [1.165, 1.54) is 0 Å². The highest BCUT2D eigenvalue weighted by Gasteiger charge is 2.25. The number of Topliss-reactive ketones (excluding diaryl/α,β-unsaturated/α-hetero) is 1. The molecule has 1 aliphatic rings. The van der Waals surface area contributed by atoms with Crippen LogP contribution in [0.15, 0.2) is 18.2 Å². The third-order valence-electron chi connectivity index (χ3n) is 3.79. The number of rotatable bonds is 1. The van der Waals surface area contributed by atoms with E-state index >= 15 is 0 Å². The van der Waals surface area contributed by atoms with E-state index in [2.05, 4.69) is 0 Å².